The molecular formula is C5H15Cl3KNO2P+. The average molecular weight is 298 g/mol. The fourth-order valence-electron chi connectivity index (χ4n) is 0.300. The first-order chi connectivity index (χ1) is 5.06. The van der Waals surface area contributed by atoms with E-state index in [0.29, 0.717) is 0 Å². The molecule has 0 amide bonds. The van der Waals surface area contributed by atoms with E-state index in [0.717, 1.165) is 11.0 Å². The molecule has 8 heteroatoms. The second-order valence-electron chi connectivity index (χ2n) is 3.14. The average Bonchev–Trinajstić information content (AvgIpc) is 1.54. The van der Waals surface area contributed by atoms with Gasteiger partial charge < -0.3 is 9.59 Å². The zero-order valence-electron chi connectivity index (χ0n) is 7.30. The summed E-state index contributed by atoms with van der Waals surface area (Å²) in [4.78, 5) is 0. The molecule has 1 N–H and O–H groups in total. The van der Waals surface area contributed by atoms with Crippen LogP contribution in [0, 0.1) is 0 Å². The van der Waals surface area contributed by atoms with E-state index in [1.54, 1.807) is 0 Å². The molecule has 0 atom stereocenters. The summed E-state index contributed by atoms with van der Waals surface area (Å²) in [6.45, 7) is 1.11. The quantitative estimate of drug-likeness (QED) is 0.480. The number of nitrogens with zero attached hydrogens (tertiary/aromatic N) is 1. The molecular weight excluding hydrogens is 282 g/mol. The Morgan fingerprint density at radius 1 is 1.23 bits per heavy atom. The van der Waals surface area contributed by atoms with Crippen molar-refractivity contribution in [3.63, 3.8) is 0 Å². The summed E-state index contributed by atoms with van der Waals surface area (Å²) in [5.74, 6) is 0. The molecule has 78 valence electrons. The molecule has 0 unspecified atom stereocenters. The summed E-state index contributed by atoms with van der Waals surface area (Å²) in [5, 5.41) is 5.16. The van der Waals surface area contributed by atoms with Crippen LogP contribution >= 0.6 is 38.9 Å². The van der Waals surface area contributed by atoms with Crippen LogP contribution in [0.2, 0.25) is 0 Å². The zero-order valence-corrected chi connectivity index (χ0v) is 10.5. The summed E-state index contributed by atoms with van der Waals surface area (Å²) < 4.78 is 10.4. The summed E-state index contributed by atoms with van der Waals surface area (Å²) >= 11 is 13.8. The van der Waals surface area contributed by atoms with Crippen LogP contribution in [-0.2, 0) is 4.57 Å². The minimum absolute atomic E-state index is 0. The van der Waals surface area contributed by atoms with Gasteiger partial charge in [0.1, 0.15) is 6.54 Å². The number of quaternary nitrogens is 1. The molecule has 0 aromatic rings. The summed E-state index contributed by atoms with van der Waals surface area (Å²) in [6.07, 6.45) is 0. The molecule has 0 rings (SSSR count). The van der Waals surface area contributed by atoms with Gasteiger partial charge in [-0.3, -0.25) is 4.57 Å². The van der Waals surface area contributed by atoms with Crippen molar-refractivity contribution in [3.8, 4) is 0 Å². The SMILES string of the molecule is C[N+](C)(C)CCO.O=P(Cl)(Cl)Cl.[KH]. The van der Waals surface area contributed by atoms with Gasteiger partial charge in [-0.2, -0.15) is 0 Å². The van der Waals surface area contributed by atoms with Gasteiger partial charge in [0.2, 0.25) is 0 Å². The normalized spacial score (nSPS) is 11.0. The van der Waals surface area contributed by atoms with Gasteiger partial charge in [-0.15, -0.1) is 0 Å². The van der Waals surface area contributed by atoms with Crippen molar-refractivity contribution in [3.05, 3.63) is 0 Å². The number of aliphatic hydroxyl groups is 1. The molecule has 0 heterocycles. The minimum atomic E-state index is -3.22. The van der Waals surface area contributed by atoms with Crippen LogP contribution in [0.25, 0.3) is 0 Å². The molecule has 0 saturated carbocycles. The molecule has 0 fully saturated rings. The van der Waals surface area contributed by atoms with E-state index in [1.807, 2.05) is 0 Å². The van der Waals surface area contributed by atoms with Crippen LogP contribution in [0.4, 0.5) is 0 Å². The van der Waals surface area contributed by atoms with Gasteiger partial charge >= 0.3 is 56.6 Å². The predicted molar refractivity (Wildman–Crippen MR) is 62.3 cm³/mol. The van der Waals surface area contributed by atoms with E-state index in [-0.39, 0.29) is 58.0 Å². The third-order valence-electron chi connectivity index (χ3n) is 0.771. The van der Waals surface area contributed by atoms with Crippen molar-refractivity contribution in [1.29, 1.82) is 0 Å². The van der Waals surface area contributed by atoms with Crippen molar-refractivity contribution < 1.29 is 14.2 Å². The summed E-state index contributed by atoms with van der Waals surface area (Å²) in [7, 11) is 6.16. The van der Waals surface area contributed by atoms with Crippen molar-refractivity contribution >= 4 is 90.3 Å². The van der Waals surface area contributed by atoms with Crippen LogP contribution in [0.5, 0.6) is 0 Å². The molecule has 0 aliphatic heterocycles. The molecule has 0 saturated heterocycles. The van der Waals surface area contributed by atoms with Crippen LogP contribution in [0.1, 0.15) is 0 Å². The standard InChI is InChI=1S/C5H14NO.Cl3OP.K.H/c1-6(2,3)4-5-7;1-5(2,3)4;;/h7H,4-5H2,1-3H3;;;/q+1;;;. The number of hydrogen-bond acceptors (Lipinski definition) is 2. The van der Waals surface area contributed by atoms with Gasteiger partial charge in [0.05, 0.1) is 27.7 Å². The number of halogens is 3. The molecule has 0 aromatic carbocycles. The van der Waals surface area contributed by atoms with E-state index in [1.165, 1.54) is 0 Å². The Morgan fingerprint density at radius 3 is 1.46 bits per heavy atom. The summed E-state index contributed by atoms with van der Waals surface area (Å²) in [5.41, 5.74) is 0. The third kappa shape index (κ3) is 53.0. The molecule has 0 aliphatic carbocycles. The number of hydrogen-bond donors (Lipinski definition) is 1. The molecule has 0 bridgehead atoms. The topological polar surface area (TPSA) is 37.3 Å². The fraction of sp³-hybridized carbons (Fsp3) is 1.00. The molecule has 3 nitrogen and oxygen atoms in total. The summed E-state index contributed by atoms with van der Waals surface area (Å²) in [6, 6.07) is 0. The number of rotatable bonds is 2. The first kappa shape index (κ1) is 21.0. The Labute approximate surface area is 136 Å². The van der Waals surface area contributed by atoms with E-state index >= 15 is 0 Å². The number of aliphatic hydroxyl groups excluding tert-OH is 1. The monoisotopic (exact) mass is 296 g/mol. The van der Waals surface area contributed by atoms with E-state index in [4.69, 9.17) is 5.11 Å². The van der Waals surface area contributed by atoms with E-state index < -0.39 is 5.20 Å². The Hall–Kier alpha value is 2.66. The van der Waals surface area contributed by atoms with Crippen molar-refractivity contribution in [1.82, 2.24) is 0 Å². The maximum absolute atomic E-state index is 9.51. The van der Waals surface area contributed by atoms with Gasteiger partial charge in [0.15, 0.2) is 0 Å². The number of likely N-dealkylation sites (N-methyl/N-ethyl adjacent to an activating group) is 1. The van der Waals surface area contributed by atoms with Crippen LogP contribution in [-0.4, -0.2) is 95.3 Å². The third-order valence-corrected chi connectivity index (χ3v) is 0.771. The van der Waals surface area contributed by atoms with Crippen LogP contribution in [0.3, 0.4) is 0 Å². The molecule has 0 spiro atoms. The first-order valence-corrected chi connectivity index (χ1v) is 7.59. The molecule has 0 aromatic heterocycles. The molecule has 0 radical (unpaired) electrons. The maximum atomic E-state index is 9.51. The van der Waals surface area contributed by atoms with Gasteiger partial charge in [-0.05, 0) is 33.7 Å². The van der Waals surface area contributed by atoms with Crippen molar-refractivity contribution in [2.45, 2.75) is 0 Å². The van der Waals surface area contributed by atoms with Crippen molar-refractivity contribution in [2.75, 3.05) is 34.3 Å². The Morgan fingerprint density at radius 2 is 1.46 bits per heavy atom. The van der Waals surface area contributed by atoms with E-state index in [9.17, 15) is 4.57 Å². The second kappa shape index (κ2) is 9.85. The Kier molecular flexibility index (Phi) is 15.9. The second-order valence-corrected chi connectivity index (χ2v) is 9.78. The Bertz CT molecular complexity index is 150. The van der Waals surface area contributed by atoms with Gasteiger partial charge in [0.25, 0.3) is 0 Å². The Balaban J connectivity index is -0.000000150. The van der Waals surface area contributed by atoms with Gasteiger partial charge in [-0.25, -0.2) is 0 Å². The van der Waals surface area contributed by atoms with E-state index in [2.05, 4.69) is 54.9 Å². The molecule has 0 aliphatic rings. The fourth-order valence-corrected chi connectivity index (χ4v) is 0.300. The van der Waals surface area contributed by atoms with Gasteiger partial charge in [-0.1, -0.05) is 0 Å². The zero-order chi connectivity index (χ0) is 10.4. The van der Waals surface area contributed by atoms with Gasteiger partial charge in [0, 0.05) is 0 Å². The van der Waals surface area contributed by atoms with Crippen LogP contribution < -0.4 is 0 Å². The predicted octanol–water partition coefficient (Wildman–Crippen LogP) is 1.85. The van der Waals surface area contributed by atoms with Crippen molar-refractivity contribution in [2.24, 2.45) is 0 Å². The first-order valence-electron chi connectivity index (χ1n) is 3.16. The molecule has 13 heavy (non-hydrogen) atoms. The van der Waals surface area contributed by atoms with Crippen LogP contribution in [0.15, 0.2) is 0 Å².